The molecule has 15 nitrogen and oxygen atoms in total. The summed E-state index contributed by atoms with van der Waals surface area (Å²) in [5, 5.41) is 27.8. The Kier molecular flexibility index (Phi) is 9.72. The number of halogens is 1. The van der Waals surface area contributed by atoms with Gasteiger partial charge in [-0.15, -0.1) is 0 Å². The Bertz CT molecular complexity index is 1980. The summed E-state index contributed by atoms with van der Waals surface area (Å²) in [6.07, 6.45) is 4.25. The van der Waals surface area contributed by atoms with E-state index in [9.17, 15) is 34.1 Å². The van der Waals surface area contributed by atoms with E-state index in [1.165, 1.54) is 37.5 Å². The molecule has 17 heteroatoms. The van der Waals surface area contributed by atoms with Gasteiger partial charge in [-0.3, -0.25) is 14.9 Å². The lowest BCUT2D eigenvalue weighted by atomic mass is 9.50. The van der Waals surface area contributed by atoms with Crippen molar-refractivity contribution in [1.82, 2.24) is 9.97 Å². The highest BCUT2D eigenvalue weighted by molar-refractivity contribution is 7.46. The molecule has 1 amide bonds. The summed E-state index contributed by atoms with van der Waals surface area (Å²) in [6.45, 7) is 6.75. The van der Waals surface area contributed by atoms with Crippen LogP contribution in [0.1, 0.15) is 68.5 Å². The smallest absolute Gasteiger partial charge is 0.421 e. The summed E-state index contributed by atoms with van der Waals surface area (Å²) in [4.78, 5) is 46.6. The van der Waals surface area contributed by atoms with E-state index in [-0.39, 0.29) is 50.3 Å². The zero-order valence-electron chi connectivity index (χ0n) is 27.2. The number of fused-ring (bicyclic) bond motifs is 1. The maximum Gasteiger partial charge on any atom is 0.472 e. The standard InChI is InChI=1S/C32H35FN9O6P/c1-18-23(5-6-26(33)40-18)29(25(41-36)15-39-32-9-19(10-32)11-32)42(30(43)47-17-48-49(44,45)46)22-7-20(12-34)27-24(8-22)28(21(13-35)14-37-27)38-16-31(2,3)4/h5-8,14-15,19,29H,9-11,16-17,36H2,1-4H3,(H,37,38)(H2,44,45,46)/t19?,29-,32?/m0/s1. The first kappa shape index (κ1) is 35.3. The molecule has 3 aromatic rings. The van der Waals surface area contributed by atoms with Crippen LogP contribution in [0.4, 0.5) is 20.6 Å². The highest BCUT2D eigenvalue weighted by atomic mass is 31.2. The van der Waals surface area contributed by atoms with E-state index in [1.807, 2.05) is 20.8 Å². The Morgan fingerprint density at radius 2 is 1.96 bits per heavy atom. The molecule has 3 aliphatic rings. The monoisotopic (exact) mass is 691 g/mol. The summed E-state index contributed by atoms with van der Waals surface area (Å²) in [7, 11) is -5.05. The molecular formula is C32H35FN9O6P. The third-order valence-electron chi connectivity index (χ3n) is 8.42. The molecule has 2 bridgehead atoms. The number of nitrogens with two attached hydrogens (primary N) is 1. The topological polar surface area (TPSA) is 232 Å². The number of aromatic nitrogens is 2. The number of anilines is 2. The number of aryl methyl sites for hydroxylation is 1. The average molecular weight is 692 g/mol. The first-order chi connectivity index (χ1) is 23.1. The average Bonchev–Trinajstić information content (AvgIpc) is 2.98. The maximum atomic E-state index is 14.3. The fourth-order valence-electron chi connectivity index (χ4n) is 5.94. The van der Waals surface area contributed by atoms with Crippen molar-refractivity contribution in [2.45, 2.75) is 58.5 Å². The van der Waals surface area contributed by atoms with Crippen LogP contribution in [0.5, 0.6) is 0 Å². The maximum absolute atomic E-state index is 14.3. The van der Waals surface area contributed by atoms with E-state index in [2.05, 4.69) is 37.0 Å². The van der Waals surface area contributed by atoms with E-state index in [0.29, 0.717) is 23.5 Å². The van der Waals surface area contributed by atoms with Crippen molar-refractivity contribution in [3.63, 3.8) is 0 Å². The number of pyridine rings is 2. The Morgan fingerprint density at radius 3 is 2.51 bits per heavy atom. The molecule has 49 heavy (non-hydrogen) atoms. The van der Waals surface area contributed by atoms with Crippen molar-refractivity contribution < 1.29 is 32.8 Å². The molecule has 1 atom stereocenters. The molecule has 0 saturated heterocycles. The number of aliphatic imine (C=N–C) groups is 1. The first-order valence-corrected chi connectivity index (χ1v) is 16.7. The molecule has 2 aromatic heterocycles. The summed E-state index contributed by atoms with van der Waals surface area (Å²) in [5.74, 6) is 5.75. The third-order valence-corrected chi connectivity index (χ3v) is 8.86. The van der Waals surface area contributed by atoms with Crippen LogP contribution in [0.2, 0.25) is 0 Å². The van der Waals surface area contributed by atoms with Crippen molar-refractivity contribution >= 4 is 48.1 Å². The highest BCUT2D eigenvalue weighted by Gasteiger charge is 2.56. The molecule has 3 saturated carbocycles. The largest absolute Gasteiger partial charge is 0.472 e. The summed E-state index contributed by atoms with van der Waals surface area (Å²) < 4.78 is 35.3. The van der Waals surface area contributed by atoms with Crippen LogP contribution < -0.4 is 16.1 Å². The number of rotatable bonds is 11. The number of hydrogen-bond donors (Lipinski definition) is 4. The molecule has 3 fully saturated rings. The van der Waals surface area contributed by atoms with E-state index < -0.39 is 32.7 Å². The number of phosphoric ester groups is 1. The fourth-order valence-corrected chi connectivity index (χ4v) is 6.13. The summed E-state index contributed by atoms with van der Waals surface area (Å²) in [5.41, 5.74) is 0.714. The van der Waals surface area contributed by atoms with Gasteiger partial charge in [-0.25, -0.2) is 18.9 Å². The van der Waals surface area contributed by atoms with Crippen LogP contribution in [-0.4, -0.2) is 56.7 Å². The lowest BCUT2D eigenvalue weighted by Crippen LogP contribution is -2.56. The molecule has 6 rings (SSSR count). The highest BCUT2D eigenvalue weighted by Crippen LogP contribution is 2.59. The minimum Gasteiger partial charge on any atom is -0.421 e. The van der Waals surface area contributed by atoms with Crippen LogP contribution >= 0.6 is 7.82 Å². The third kappa shape index (κ3) is 7.69. The van der Waals surface area contributed by atoms with Gasteiger partial charge in [-0.1, -0.05) is 26.8 Å². The molecule has 0 aliphatic heterocycles. The van der Waals surface area contributed by atoms with Crippen molar-refractivity contribution in [2.75, 3.05) is 23.6 Å². The number of nitrogens with one attached hydrogen (secondary N) is 1. The number of nitrogens with zero attached hydrogens (tertiary/aromatic N) is 7. The van der Waals surface area contributed by atoms with E-state index in [0.717, 1.165) is 30.2 Å². The molecule has 2 heterocycles. The Morgan fingerprint density at radius 1 is 1.27 bits per heavy atom. The van der Waals surface area contributed by atoms with Crippen LogP contribution in [0.3, 0.4) is 0 Å². The normalized spacial score (nSPS) is 19.4. The van der Waals surface area contributed by atoms with Gasteiger partial charge in [0.2, 0.25) is 12.7 Å². The van der Waals surface area contributed by atoms with Gasteiger partial charge in [-0.2, -0.15) is 20.0 Å². The van der Waals surface area contributed by atoms with Crippen molar-refractivity contribution in [3.05, 3.63) is 58.8 Å². The lowest BCUT2D eigenvalue weighted by molar-refractivity contribution is -0.0140. The van der Waals surface area contributed by atoms with Gasteiger partial charge in [0.15, 0.2) is 0 Å². The summed E-state index contributed by atoms with van der Waals surface area (Å²) >= 11 is 0. The van der Waals surface area contributed by atoms with Crippen LogP contribution in [0, 0.1) is 46.9 Å². The van der Waals surface area contributed by atoms with Crippen molar-refractivity contribution in [2.24, 2.45) is 27.3 Å². The van der Waals surface area contributed by atoms with Gasteiger partial charge in [0.05, 0.1) is 33.6 Å². The zero-order valence-corrected chi connectivity index (χ0v) is 28.1. The number of carbonyl (C=O) groups excluding carboxylic acids is 1. The first-order valence-electron chi connectivity index (χ1n) is 15.2. The van der Waals surface area contributed by atoms with Crippen LogP contribution in [-0.2, 0) is 13.8 Å². The second kappa shape index (κ2) is 13.5. The molecule has 3 aliphatic carbocycles. The fraction of sp³-hybridized carbons (Fsp3) is 0.406. The van der Waals surface area contributed by atoms with Crippen LogP contribution in [0.25, 0.3) is 10.9 Å². The van der Waals surface area contributed by atoms with Gasteiger partial charge >= 0.3 is 13.9 Å². The summed E-state index contributed by atoms with van der Waals surface area (Å²) in [6, 6.07) is 8.20. The minimum atomic E-state index is -5.05. The number of nitriles is 2. The predicted molar refractivity (Wildman–Crippen MR) is 178 cm³/mol. The number of hydrogen-bond acceptors (Lipinski definition) is 12. The Labute approximate surface area is 281 Å². The van der Waals surface area contributed by atoms with Crippen molar-refractivity contribution in [3.8, 4) is 12.1 Å². The van der Waals surface area contributed by atoms with E-state index >= 15 is 0 Å². The second-order valence-electron chi connectivity index (χ2n) is 13.3. The predicted octanol–water partition coefficient (Wildman–Crippen LogP) is 4.97. The quantitative estimate of drug-likeness (QED) is 0.0521. The second-order valence-corrected chi connectivity index (χ2v) is 14.6. The molecular weight excluding hydrogens is 656 g/mol. The number of ether oxygens (including phenoxy) is 1. The van der Waals surface area contributed by atoms with Crippen molar-refractivity contribution in [1.29, 1.82) is 10.5 Å². The number of carbonyl (C=O) groups is 1. The zero-order chi connectivity index (χ0) is 35.7. The SMILES string of the molecule is Cc1nc(F)ccc1[C@@H](C(C=NC12CC(C1)C2)=NN)N(C(=O)OCOP(=O)(O)O)c1cc(C#N)c2ncc(C#N)c(NCC(C)(C)C)c2c1. The van der Waals surface area contributed by atoms with Gasteiger partial charge in [0.1, 0.15) is 23.9 Å². The van der Waals surface area contributed by atoms with Gasteiger partial charge < -0.3 is 25.7 Å². The number of benzene rings is 1. The van der Waals surface area contributed by atoms with Crippen LogP contribution in [0.15, 0.2) is 40.6 Å². The van der Waals surface area contributed by atoms with Gasteiger partial charge in [-0.05, 0) is 55.7 Å². The molecule has 256 valence electrons. The lowest BCUT2D eigenvalue weighted by Gasteiger charge is -2.59. The number of amides is 1. The molecule has 0 radical (unpaired) electrons. The molecule has 5 N–H and O–H groups in total. The molecule has 0 unspecified atom stereocenters. The van der Waals surface area contributed by atoms with Gasteiger partial charge in [0, 0.05) is 35.6 Å². The molecule has 1 aromatic carbocycles. The van der Waals surface area contributed by atoms with E-state index in [1.54, 1.807) is 0 Å². The Hall–Kier alpha value is -4.99. The Balaban J connectivity index is 1.75. The van der Waals surface area contributed by atoms with E-state index in [4.69, 9.17) is 15.6 Å². The van der Waals surface area contributed by atoms with Gasteiger partial charge in [0.25, 0.3) is 0 Å². The minimum absolute atomic E-state index is 0.00900. The molecule has 0 spiro atoms. The number of phosphoric acid groups is 1. The number of hydrazone groups is 1.